The number of nitrogens with two attached hydrogens (primary N) is 1. The summed E-state index contributed by atoms with van der Waals surface area (Å²) in [7, 11) is 0. The van der Waals surface area contributed by atoms with Gasteiger partial charge in [0.2, 0.25) is 0 Å². The molecule has 0 amide bonds. The molecule has 0 radical (unpaired) electrons. The number of piperidine rings is 2. The largest absolute Gasteiger partial charge is 0.327 e. The molecular weight excluding hydrogens is 148 g/mol. The molecule has 0 aromatic heterocycles. The maximum atomic E-state index is 6.01. The first-order chi connectivity index (χ1) is 5.48. The maximum Gasteiger partial charge on any atom is 0.0125 e. The predicted molar refractivity (Wildman–Crippen MR) is 50.9 cm³/mol. The molecule has 0 aromatic rings. The zero-order valence-electron chi connectivity index (χ0n) is 8.38. The molecule has 2 nitrogen and oxygen atoms in total. The number of hydrogen-bond donors (Lipinski definition) is 1. The highest BCUT2D eigenvalue weighted by Gasteiger charge is 2.46. The van der Waals surface area contributed by atoms with E-state index < -0.39 is 0 Å². The number of nitrogens with zero attached hydrogens (tertiary/aromatic N) is 1. The van der Waals surface area contributed by atoms with Gasteiger partial charge in [-0.15, -0.1) is 0 Å². The van der Waals surface area contributed by atoms with Crippen LogP contribution in [0.15, 0.2) is 0 Å². The fourth-order valence-electron chi connectivity index (χ4n) is 2.47. The molecule has 2 atom stereocenters. The molecule has 70 valence electrons. The molecule has 2 unspecified atom stereocenters. The van der Waals surface area contributed by atoms with E-state index in [1.807, 2.05) is 0 Å². The first kappa shape index (κ1) is 8.52. The lowest BCUT2D eigenvalue weighted by molar-refractivity contribution is -0.0404. The van der Waals surface area contributed by atoms with Crippen molar-refractivity contribution in [1.82, 2.24) is 4.90 Å². The van der Waals surface area contributed by atoms with E-state index in [-0.39, 0.29) is 0 Å². The Bertz CT molecular complexity index is 171. The average Bonchev–Trinajstić information content (AvgIpc) is 2.02. The van der Waals surface area contributed by atoms with E-state index in [0.29, 0.717) is 11.6 Å². The Kier molecular flexibility index (Phi) is 1.74. The van der Waals surface area contributed by atoms with Crippen molar-refractivity contribution in [3.05, 3.63) is 0 Å². The van der Waals surface area contributed by atoms with Gasteiger partial charge in [0.15, 0.2) is 0 Å². The highest BCUT2D eigenvalue weighted by atomic mass is 15.2. The average molecular weight is 168 g/mol. The standard InChI is InChI=1S/C10H20N2/c1-10(2,3)12-5-7-4-8(6-12)9(7)11/h7-9H,4-6,11H2,1-3H3. The summed E-state index contributed by atoms with van der Waals surface area (Å²) in [6.07, 6.45) is 1.38. The quantitative estimate of drug-likeness (QED) is 0.586. The summed E-state index contributed by atoms with van der Waals surface area (Å²) in [6, 6.07) is 0.517. The number of hydrogen-bond acceptors (Lipinski definition) is 2. The fraction of sp³-hybridized carbons (Fsp3) is 1.00. The van der Waals surface area contributed by atoms with E-state index in [2.05, 4.69) is 25.7 Å². The van der Waals surface area contributed by atoms with Gasteiger partial charge < -0.3 is 5.73 Å². The number of rotatable bonds is 0. The molecule has 2 aliphatic heterocycles. The molecule has 0 aromatic carbocycles. The van der Waals surface area contributed by atoms with Crippen LogP contribution < -0.4 is 5.73 Å². The number of fused-ring (bicyclic) bond motifs is 2. The second-order valence-corrected chi connectivity index (χ2v) is 5.41. The SMILES string of the molecule is CC(C)(C)N1CC2CC(C1)C2N. The molecule has 2 heterocycles. The van der Waals surface area contributed by atoms with Crippen LogP contribution in [0.3, 0.4) is 0 Å². The smallest absolute Gasteiger partial charge is 0.0125 e. The highest BCUT2D eigenvalue weighted by Crippen LogP contribution is 2.40. The summed E-state index contributed by atoms with van der Waals surface area (Å²) in [5.74, 6) is 1.59. The van der Waals surface area contributed by atoms with Gasteiger partial charge in [0.25, 0.3) is 0 Å². The summed E-state index contributed by atoms with van der Waals surface area (Å²) < 4.78 is 0. The van der Waals surface area contributed by atoms with Crippen LogP contribution in [-0.4, -0.2) is 29.6 Å². The van der Waals surface area contributed by atoms with Crippen LogP contribution in [0.4, 0.5) is 0 Å². The molecule has 2 saturated heterocycles. The van der Waals surface area contributed by atoms with E-state index in [9.17, 15) is 0 Å². The monoisotopic (exact) mass is 168 g/mol. The lowest BCUT2D eigenvalue weighted by Gasteiger charge is -2.55. The van der Waals surface area contributed by atoms with Gasteiger partial charge in [-0.05, 0) is 39.0 Å². The summed E-state index contributed by atoms with van der Waals surface area (Å²) in [6.45, 7) is 9.33. The van der Waals surface area contributed by atoms with Crippen molar-refractivity contribution in [1.29, 1.82) is 0 Å². The predicted octanol–water partition coefficient (Wildman–Crippen LogP) is 1.06. The second kappa shape index (κ2) is 2.46. The molecule has 2 heteroatoms. The zero-order chi connectivity index (χ0) is 8.93. The minimum Gasteiger partial charge on any atom is -0.327 e. The van der Waals surface area contributed by atoms with Crippen molar-refractivity contribution in [3.63, 3.8) is 0 Å². The Balaban J connectivity index is 1.99. The van der Waals surface area contributed by atoms with Crippen LogP contribution in [0, 0.1) is 11.8 Å². The summed E-state index contributed by atoms with van der Waals surface area (Å²) in [5, 5.41) is 0. The minimum atomic E-state index is 0.344. The van der Waals surface area contributed by atoms with Gasteiger partial charge >= 0.3 is 0 Å². The van der Waals surface area contributed by atoms with Crippen molar-refractivity contribution >= 4 is 0 Å². The van der Waals surface area contributed by atoms with E-state index in [1.165, 1.54) is 19.5 Å². The normalized spacial score (nSPS) is 42.5. The molecule has 0 spiro atoms. The Morgan fingerprint density at radius 3 is 2.00 bits per heavy atom. The molecule has 2 N–H and O–H groups in total. The van der Waals surface area contributed by atoms with E-state index in [0.717, 1.165) is 11.8 Å². The molecule has 12 heavy (non-hydrogen) atoms. The van der Waals surface area contributed by atoms with Crippen LogP contribution >= 0.6 is 0 Å². The molecule has 2 bridgehead atoms. The molecule has 3 fully saturated rings. The highest BCUT2D eigenvalue weighted by molar-refractivity contribution is 5.02. The second-order valence-electron chi connectivity index (χ2n) is 5.41. The molecule has 1 aliphatic carbocycles. The lowest BCUT2D eigenvalue weighted by atomic mass is 9.66. The Morgan fingerprint density at radius 1 is 1.17 bits per heavy atom. The lowest BCUT2D eigenvalue weighted by Crippen LogP contribution is -2.65. The topological polar surface area (TPSA) is 29.3 Å². The third-order valence-electron chi connectivity index (χ3n) is 3.55. The Morgan fingerprint density at radius 2 is 1.67 bits per heavy atom. The summed E-state index contributed by atoms with van der Waals surface area (Å²) in [5.41, 5.74) is 6.35. The van der Waals surface area contributed by atoms with Crippen molar-refractivity contribution < 1.29 is 0 Å². The minimum absolute atomic E-state index is 0.344. The third kappa shape index (κ3) is 1.17. The fourth-order valence-corrected chi connectivity index (χ4v) is 2.47. The van der Waals surface area contributed by atoms with Crippen molar-refractivity contribution in [2.75, 3.05) is 13.1 Å². The molecule has 1 saturated carbocycles. The molecular formula is C10H20N2. The van der Waals surface area contributed by atoms with Gasteiger partial charge in [-0.1, -0.05) is 0 Å². The van der Waals surface area contributed by atoms with Crippen LogP contribution in [0.5, 0.6) is 0 Å². The van der Waals surface area contributed by atoms with Gasteiger partial charge in [0, 0.05) is 24.7 Å². The van der Waals surface area contributed by atoms with E-state index in [4.69, 9.17) is 5.73 Å². The van der Waals surface area contributed by atoms with Gasteiger partial charge in [0.05, 0.1) is 0 Å². The third-order valence-corrected chi connectivity index (χ3v) is 3.55. The van der Waals surface area contributed by atoms with Crippen molar-refractivity contribution in [2.45, 2.75) is 38.8 Å². The van der Waals surface area contributed by atoms with Gasteiger partial charge in [0.1, 0.15) is 0 Å². The Labute approximate surface area is 75.1 Å². The van der Waals surface area contributed by atoms with Crippen molar-refractivity contribution in [2.24, 2.45) is 17.6 Å². The van der Waals surface area contributed by atoms with Crippen molar-refractivity contribution in [3.8, 4) is 0 Å². The Hall–Kier alpha value is -0.0800. The summed E-state index contributed by atoms with van der Waals surface area (Å²) in [4.78, 5) is 2.58. The zero-order valence-corrected chi connectivity index (χ0v) is 8.38. The molecule has 3 aliphatic rings. The van der Waals surface area contributed by atoms with Gasteiger partial charge in [-0.25, -0.2) is 0 Å². The van der Waals surface area contributed by atoms with E-state index >= 15 is 0 Å². The molecule has 3 rings (SSSR count). The summed E-state index contributed by atoms with van der Waals surface area (Å²) >= 11 is 0. The maximum absolute atomic E-state index is 6.01. The van der Waals surface area contributed by atoms with Gasteiger partial charge in [-0.2, -0.15) is 0 Å². The first-order valence-corrected chi connectivity index (χ1v) is 4.99. The van der Waals surface area contributed by atoms with Crippen LogP contribution in [-0.2, 0) is 0 Å². The van der Waals surface area contributed by atoms with Crippen LogP contribution in [0.25, 0.3) is 0 Å². The van der Waals surface area contributed by atoms with Crippen LogP contribution in [0.2, 0.25) is 0 Å². The van der Waals surface area contributed by atoms with Gasteiger partial charge in [-0.3, -0.25) is 4.90 Å². The van der Waals surface area contributed by atoms with E-state index in [1.54, 1.807) is 0 Å². The first-order valence-electron chi connectivity index (χ1n) is 4.99. The van der Waals surface area contributed by atoms with Crippen LogP contribution in [0.1, 0.15) is 27.2 Å².